The molecule has 4 heteroatoms. The Bertz CT molecular complexity index is 312. The Morgan fingerprint density at radius 2 is 1.94 bits per heavy atom. The van der Waals surface area contributed by atoms with Gasteiger partial charge in [-0.3, -0.25) is 4.90 Å². The smallest absolute Gasteiger partial charge is 0.0839 e. The Labute approximate surface area is 103 Å². The van der Waals surface area contributed by atoms with Crippen LogP contribution < -0.4 is 10.6 Å². The number of para-hydroxylation sites is 1. The minimum Gasteiger partial charge on any atom is -0.390 e. The fourth-order valence-corrected chi connectivity index (χ4v) is 2.05. The van der Waals surface area contributed by atoms with Gasteiger partial charge in [-0.25, -0.2) is 0 Å². The van der Waals surface area contributed by atoms with E-state index in [1.54, 1.807) is 0 Å². The minimum atomic E-state index is -0.312. The molecular weight excluding hydrogens is 214 g/mol. The van der Waals surface area contributed by atoms with Crippen molar-refractivity contribution in [1.82, 2.24) is 10.2 Å². The maximum absolute atomic E-state index is 9.94. The molecule has 0 bridgehead atoms. The second-order valence-electron chi connectivity index (χ2n) is 4.45. The summed E-state index contributed by atoms with van der Waals surface area (Å²) in [6.07, 6.45) is -0.312. The third-order valence-corrected chi connectivity index (χ3v) is 2.99. The van der Waals surface area contributed by atoms with E-state index >= 15 is 0 Å². The minimum absolute atomic E-state index is 0.312. The molecule has 0 radical (unpaired) electrons. The number of β-amino-alcohol motifs (C(OH)–C–C–N with tert-alkyl or cyclic N) is 1. The van der Waals surface area contributed by atoms with Gasteiger partial charge in [0.2, 0.25) is 0 Å². The molecule has 1 heterocycles. The lowest BCUT2D eigenvalue weighted by atomic mass is 10.2. The van der Waals surface area contributed by atoms with Crippen LogP contribution in [0.1, 0.15) is 0 Å². The fraction of sp³-hybridized carbons (Fsp3) is 0.538. The standard InChI is InChI=1S/C13H21N3O/c17-13(11-16-8-6-14-7-9-16)10-15-12-4-2-1-3-5-12/h1-5,13-15,17H,6-11H2/t13-/m0/s1. The van der Waals surface area contributed by atoms with Crippen molar-refractivity contribution in [2.75, 3.05) is 44.6 Å². The monoisotopic (exact) mass is 235 g/mol. The summed E-state index contributed by atoms with van der Waals surface area (Å²) < 4.78 is 0. The summed E-state index contributed by atoms with van der Waals surface area (Å²) in [6.45, 7) is 5.47. The number of rotatable bonds is 5. The normalized spacial score (nSPS) is 18.9. The maximum atomic E-state index is 9.94. The van der Waals surface area contributed by atoms with E-state index in [1.807, 2.05) is 30.3 Å². The Hall–Kier alpha value is -1.10. The summed E-state index contributed by atoms with van der Waals surface area (Å²) in [5.41, 5.74) is 1.06. The SMILES string of the molecule is O[C@@H](CNc1ccccc1)CN1CCNCC1. The van der Waals surface area contributed by atoms with Crippen molar-refractivity contribution < 1.29 is 5.11 Å². The average Bonchev–Trinajstić information content (AvgIpc) is 2.39. The molecule has 1 aliphatic rings. The van der Waals surface area contributed by atoms with E-state index in [4.69, 9.17) is 0 Å². The van der Waals surface area contributed by atoms with Crippen molar-refractivity contribution in [3.05, 3.63) is 30.3 Å². The van der Waals surface area contributed by atoms with Crippen LogP contribution in [0.3, 0.4) is 0 Å². The molecule has 0 unspecified atom stereocenters. The van der Waals surface area contributed by atoms with Crippen molar-refractivity contribution in [2.45, 2.75) is 6.10 Å². The predicted octanol–water partition coefficient (Wildman–Crippen LogP) is 0.365. The zero-order valence-electron chi connectivity index (χ0n) is 10.1. The molecule has 0 saturated carbocycles. The van der Waals surface area contributed by atoms with Crippen LogP contribution in [0.2, 0.25) is 0 Å². The van der Waals surface area contributed by atoms with Gasteiger partial charge in [-0.2, -0.15) is 0 Å². The molecule has 1 aromatic rings. The third-order valence-electron chi connectivity index (χ3n) is 2.99. The number of aliphatic hydroxyl groups excluding tert-OH is 1. The Kier molecular flexibility index (Phi) is 4.79. The lowest BCUT2D eigenvalue weighted by molar-refractivity contribution is 0.114. The number of anilines is 1. The van der Waals surface area contributed by atoms with Gasteiger partial charge in [0, 0.05) is 45.0 Å². The summed E-state index contributed by atoms with van der Waals surface area (Å²) in [6, 6.07) is 9.99. The van der Waals surface area contributed by atoms with Crippen molar-refractivity contribution >= 4 is 5.69 Å². The van der Waals surface area contributed by atoms with Crippen LogP contribution in [0.5, 0.6) is 0 Å². The largest absolute Gasteiger partial charge is 0.390 e. The first kappa shape index (κ1) is 12.4. The lowest BCUT2D eigenvalue weighted by Gasteiger charge is -2.29. The highest BCUT2D eigenvalue weighted by Crippen LogP contribution is 2.05. The van der Waals surface area contributed by atoms with Crippen LogP contribution in [0.25, 0.3) is 0 Å². The average molecular weight is 235 g/mol. The van der Waals surface area contributed by atoms with Crippen LogP contribution >= 0.6 is 0 Å². The molecule has 2 rings (SSSR count). The number of nitrogens with one attached hydrogen (secondary N) is 2. The number of hydrogen-bond donors (Lipinski definition) is 3. The molecule has 94 valence electrons. The van der Waals surface area contributed by atoms with Crippen LogP contribution in [0.4, 0.5) is 5.69 Å². The summed E-state index contributed by atoms with van der Waals surface area (Å²) in [5.74, 6) is 0. The van der Waals surface area contributed by atoms with Gasteiger partial charge in [-0.1, -0.05) is 18.2 Å². The van der Waals surface area contributed by atoms with Crippen LogP contribution in [-0.4, -0.2) is 55.4 Å². The Morgan fingerprint density at radius 1 is 1.24 bits per heavy atom. The topological polar surface area (TPSA) is 47.5 Å². The van der Waals surface area contributed by atoms with Gasteiger partial charge in [-0.05, 0) is 12.1 Å². The third kappa shape index (κ3) is 4.34. The summed E-state index contributed by atoms with van der Waals surface area (Å²) in [5, 5.41) is 16.5. The van der Waals surface area contributed by atoms with E-state index in [1.165, 1.54) is 0 Å². The molecular formula is C13H21N3O. The van der Waals surface area contributed by atoms with E-state index in [9.17, 15) is 5.11 Å². The molecule has 0 spiro atoms. The number of aliphatic hydroxyl groups is 1. The van der Waals surface area contributed by atoms with E-state index in [0.717, 1.165) is 38.4 Å². The van der Waals surface area contributed by atoms with Crippen molar-refractivity contribution in [1.29, 1.82) is 0 Å². The Balaban J connectivity index is 1.68. The van der Waals surface area contributed by atoms with Gasteiger partial charge < -0.3 is 15.7 Å². The van der Waals surface area contributed by atoms with Crippen molar-refractivity contribution in [3.8, 4) is 0 Å². The highest BCUT2D eigenvalue weighted by Gasteiger charge is 2.13. The fourth-order valence-electron chi connectivity index (χ4n) is 2.05. The van der Waals surface area contributed by atoms with Crippen molar-refractivity contribution in [2.24, 2.45) is 0 Å². The molecule has 3 N–H and O–H groups in total. The first-order valence-corrected chi connectivity index (χ1v) is 6.24. The maximum Gasteiger partial charge on any atom is 0.0839 e. The highest BCUT2D eigenvalue weighted by atomic mass is 16.3. The number of hydrogen-bond acceptors (Lipinski definition) is 4. The number of piperazine rings is 1. The van der Waals surface area contributed by atoms with Gasteiger partial charge in [0.15, 0.2) is 0 Å². The van der Waals surface area contributed by atoms with Crippen LogP contribution in [-0.2, 0) is 0 Å². The number of nitrogens with zero attached hydrogens (tertiary/aromatic N) is 1. The van der Waals surface area contributed by atoms with Gasteiger partial charge >= 0.3 is 0 Å². The number of benzene rings is 1. The molecule has 1 saturated heterocycles. The summed E-state index contributed by atoms with van der Waals surface area (Å²) in [7, 11) is 0. The van der Waals surface area contributed by atoms with Gasteiger partial charge in [-0.15, -0.1) is 0 Å². The zero-order chi connectivity index (χ0) is 11.9. The molecule has 4 nitrogen and oxygen atoms in total. The molecule has 1 atom stereocenters. The quantitative estimate of drug-likeness (QED) is 0.690. The highest BCUT2D eigenvalue weighted by molar-refractivity contribution is 5.42. The van der Waals surface area contributed by atoms with Gasteiger partial charge in [0.25, 0.3) is 0 Å². The molecule has 0 aliphatic carbocycles. The molecule has 1 aromatic carbocycles. The predicted molar refractivity (Wildman–Crippen MR) is 70.2 cm³/mol. The molecule has 0 aromatic heterocycles. The molecule has 17 heavy (non-hydrogen) atoms. The second-order valence-corrected chi connectivity index (χ2v) is 4.45. The van der Waals surface area contributed by atoms with Crippen molar-refractivity contribution in [3.63, 3.8) is 0 Å². The second kappa shape index (κ2) is 6.59. The molecule has 1 fully saturated rings. The van der Waals surface area contributed by atoms with E-state index in [2.05, 4.69) is 15.5 Å². The van der Waals surface area contributed by atoms with Crippen LogP contribution in [0, 0.1) is 0 Å². The van der Waals surface area contributed by atoms with E-state index < -0.39 is 0 Å². The first-order valence-electron chi connectivity index (χ1n) is 6.24. The summed E-state index contributed by atoms with van der Waals surface area (Å²) >= 11 is 0. The van der Waals surface area contributed by atoms with E-state index in [-0.39, 0.29) is 6.10 Å². The van der Waals surface area contributed by atoms with Gasteiger partial charge in [0.1, 0.15) is 0 Å². The van der Waals surface area contributed by atoms with Crippen LogP contribution in [0.15, 0.2) is 30.3 Å². The zero-order valence-corrected chi connectivity index (χ0v) is 10.1. The lowest BCUT2D eigenvalue weighted by Crippen LogP contribution is -2.47. The van der Waals surface area contributed by atoms with Gasteiger partial charge in [0.05, 0.1) is 6.10 Å². The van der Waals surface area contributed by atoms with E-state index in [0.29, 0.717) is 6.54 Å². The Morgan fingerprint density at radius 3 is 2.65 bits per heavy atom. The summed E-state index contributed by atoms with van der Waals surface area (Å²) in [4.78, 5) is 2.30. The molecule has 0 amide bonds. The first-order chi connectivity index (χ1) is 8.34. The molecule has 1 aliphatic heterocycles.